The van der Waals surface area contributed by atoms with E-state index < -0.39 is 0 Å². The van der Waals surface area contributed by atoms with Gasteiger partial charge in [0.25, 0.3) is 0 Å². The Morgan fingerprint density at radius 1 is 1.12 bits per heavy atom. The molecule has 4 nitrogen and oxygen atoms in total. The molecule has 1 heterocycles. The van der Waals surface area contributed by atoms with E-state index in [0.29, 0.717) is 5.82 Å². The summed E-state index contributed by atoms with van der Waals surface area (Å²) < 4.78 is 0. The summed E-state index contributed by atoms with van der Waals surface area (Å²) in [4.78, 5) is 7.90. The number of nitrogens with zero attached hydrogens (tertiary/aromatic N) is 2. The molecular formula is C12H14N4. The maximum absolute atomic E-state index is 5.55. The van der Waals surface area contributed by atoms with E-state index >= 15 is 0 Å². The number of hydrogen-bond donors (Lipinski definition) is 2. The molecular weight excluding hydrogens is 200 g/mol. The van der Waals surface area contributed by atoms with Crippen LogP contribution in [0.5, 0.6) is 0 Å². The van der Waals surface area contributed by atoms with E-state index in [2.05, 4.69) is 27.4 Å². The van der Waals surface area contributed by atoms with Crippen LogP contribution in [0, 0.1) is 0 Å². The Morgan fingerprint density at radius 2 is 1.94 bits per heavy atom. The molecule has 0 aliphatic rings. The minimum Gasteiger partial charge on any atom is -0.384 e. The van der Waals surface area contributed by atoms with Crippen molar-refractivity contribution in [3.05, 3.63) is 48.3 Å². The van der Waals surface area contributed by atoms with Crippen molar-refractivity contribution in [3.63, 3.8) is 0 Å². The standard InChI is InChI=1S/C12H14N4/c13-11-8-12(16-9-15-11)14-7-6-10-4-2-1-3-5-10/h1-5,8-9H,6-7H2,(H3,13,14,15,16). The topological polar surface area (TPSA) is 63.8 Å². The van der Waals surface area contributed by atoms with Gasteiger partial charge in [-0.25, -0.2) is 9.97 Å². The van der Waals surface area contributed by atoms with Gasteiger partial charge in [0.05, 0.1) is 0 Å². The van der Waals surface area contributed by atoms with Crippen LogP contribution in [0.2, 0.25) is 0 Å². The molecule has 82 valence electrons. The third-order valence-electron chi connectivity index (χ3n) is 2.25. The van der Waals surface area contributed by atoms with Crippen molar-refractivity contribution in [1.82, 2.24) is 9.97 Å². The largest absolute Gasteiger partial charge is 0.384 e. The molecule has 0 fully saturated rings. The molecule has 0 amide bonds. The predicted octanol–water partition coefficient (Wildman–Crippen LogP) is 1.71. The van der Waals surface area contributed by atoms with E-state index in [9.17, 15) is 0 Å². The van der Waals surface area contributed by atoms with Crippen LogP contribution in [-0.2, 0) is 6.42 Å². The fourth-order valence-electron chi connectivity index (χ4n) is 1.45. The van der Waals surface area contributed by atoms with Gasteiger partial charge in [-0.2, -0.15) is 0 Å². The first kappa shape index (κ1) is 10.4. The highest BCUT2D eigenvalue weighted by atomic mass is 15.0. The summed E-state index contributed by atoms with van der Waals surface area (Å²) in [5.41, 5.74) is 6.85. The van der Waals surface area contributed by atoms with Gasteiger partial charge in [0.15, 0.2) is 0 Å². The maximum Gasteiger partial charge on any atom is 0.131 e. The van der Waals surface area contributed by atoms with Gasteiger partial charge in [0.2, 0.25) is 0 Å². The minimum absolute atomic E-state index is 0.484. The van der Waals surface area contributed by atoms with Crippen molar-refractivity contribution in [2.45, 2.75) is 6.42 Å². The highest BCUT2D eigenvalue weighted by Gasteiger charge is 1.95. The number of hydrogen-bond acceptors (Lipinski definition) is 4. The van der Waals surface area contributed by atoms with Crippen molar-refractivity contribution < 1.29 is 0 Å². The number of benzene rings is 1. The summed E-state index contributed by atoms with van der Waals surface area (Å²) in [6, 6.07) is 12.0. The molecule has 0 radical (unpaired) electrons. The zero-order valence-corrected chi connectivity index (χ0v) is 8.93. The van der Waals surface area contributed by atoms with Crippen molar-refractivity contribution in [2.75, 3.05) is 17.6 Å². The molecule has 2 aromatic rings. The van der Waals surface area contributed by atoms with Crippen molar-refractivity contribution in [1.29, 1.82) is 0 Å². The average molecular weight is 214 g/mol. The molecule has 3 N–H and O–H groups in total. The quantitative estimate of drug-likeness (QED) is 0.813. The van der Waals surface area contributed by atoms with E-state index in [0.717, 1.165) is 18.8 Å². The lowest BCUT2D eigenvalue weighted by atomic mass is 10.1. The van der Waals surface area contributed by atoms with Crippen molar-refractivity contribution >= 4 is 11.6 Å². The third kappa shape index (κ3) is 2.95. The molecule has 0 atom stereocenters. The molecule has 0 bridgehead atoms. The van der Waals surface area contributed by atoms with Crippen LogP contribution < -0.4 is 11.1 Å². The van der Waals surface area contributed by atoms with Crippen molar-refractivity contribution in [2.24, 2.45) is 0 Å². The number of nitrogens with one attached hydrogen (secondary N) is 1. The first-order valence-corrected chi connectivity index (χ1v) is 5.20. The van der Waals surface area contributed by atoms with Crippen LogP contribution in [0.25, 0.3) is 0 Å². The molecule has 0 saturated heterocycles. The Labute approximate surface area is 94.5 Å². The van der Waals surface area contributed by atoms with Crippen LogP contribution in [0.15, 0.2) is 42.7 Å². The Balaban J connectivity index is 1.85. The zero-order chi connectivity index (χ0) is 11.2. The summed E-state index contributed by atoms with van der Waals surface area (Å²) in [5, 5.41) is 3.20. The van der Waals surface area contributed by atoms with Crippen molar-refractivity contribution in [3.8, 4) is 0 Å². The van der Waals surface area contributed by atoms with Crippen LogP contribution in [0.1, 0.15) is 5.56 Å². The first-order chi connectivity index (χ1) is 7.84. The second-order valence-corrected chi connectivity index (χ2v) is 3.49. The second-order valence-electron chi connectivity index (χ2n) is 3.49. The summed E-state index contributed by atoms with van der Waals surface area (Å²) in [5.74, 6) is 1.25. The number of aromatic nitrogens is 2. The number of nitrogen functional groups attached to an aromatic ring is 1. The van der Waals surface area contributed by atoms with Crippen LogP contribution >= 0.6 is 0 Å². The molecule has 1 aromatic heterocycles. The highest BCUT2D eigenvalue weighted by molar-refractivity contribution is 5.43. The van der Waals surface area contributed by atoms with E-state index in [4.69, 9.17) is 5.73 Å². The van der Waals surface area contributed by atoms with Gasteiger partial charge in [-0.1, -0.05) is 30.3 Å². The Bertz CT molecular complexity index is 442. The normalized spacial score (nSPS) is 10.0. The van der Waals surface area contributed by atoms with Gasteiger partial charge in [-0.05, 0) is 12.0 Å². The lowest BCUT2D eigenvalue weighted by Gasteiger charge is -2.05. The smallest absolute Gasteiger partial charge is 0.131 e. The molecule has 4 heteroatoms. The fraction of sp³-hybridized carbons (Fsp3) is 0.167. The average Bonchev–Trinajstić information content (AvgIpc) is 2.30. The van der Waals surface area contributed by atoms with E-state index in [-0.39, 0.29) is 0 Å². The number of rotatable bonds is 4. The predicted molar refractivity (Wildman–Crippen MR) is 65.1 cm³/mol. The summed E-state index contributed by atoms with van der Waals surface area (Å²) in [6.07, 6.45) is 2.42. The van der Waals surface area contributed by atoms with E-state index in [1.165, 1.54) is 11.9 Å². The number of nitrogens with two attached hydrogens (primary N) is 1. The van der Waals surface area contributed by atoms with E-state index in [1.807, 2.05) is 18.2 Å². The third-order valence-corrected chi connectivity index (χ3v) is 2.25. The first-order valence-electron chi connectivity index (χ1n) is 5.20. The van der Waals surface area contributed by atoms with Gasteiger partial charge in [-0.15, -0.1) is 0 Å². The van der Waals surface area contributed by atoms with Gasteiger partial charge < -0.3 is 11.1 Å². The lowest BCUT2D eigenvalue weighted by Crippen LogP contribution is -2.07. The lowest BCUT2D eigenvalue weighted by molar-refractivity contribution is 1.00. The molecule has 0 saturated carbocycles. The summed E-state index contributed by atoms with van der Waals surface area (Å²) in [6.45, 7) is 0.834. The molecule has 2 rings (SSSR count). The minimum atomic E-state index is 0.484. The Morgan fingerprint density at radius 3 is 2.69 bits per heavy atom. The fourth-order valence-corrected chi connectivity index (χ4v) is 1.45. The molecule has 1 aromatic carbocycles. The van der Waals surface area contributed by atoms with Crippen LogP contribution in [0.3, 0.4) is 0 Å². The van der Waals surface area contributed by atoms with E-state index in [1.54, 1.807) is 6.07 Å². The maximum atomic E-state index is 5.55. The molecule has 16 heavy (non-hydrogen) atoms. The zero-order valence-electron chi connectivity index (χ0n) is 8.93. The van der Waals surface area contributed by atoms with Crippen LogP contribution in [-0.4, -0.2) is 16.5 Å². The van der Waals surface area contributed by atoms with Gasteiger partial charge in [0.1, 0.15) is 18.0 Å². The summed E-state index contributed by atoms with van der Waals surface area (Å²) in [7, 11) is 0. The van der Waals surface area contributed by atoms with Crippen LogP contribution in [0.4, 0.5) is 11.6 Å². The van der Waals surface area contributed by atoms with Gasteiger partial charge in [-0.3, -0.25) is 0 Å². The molecule has 0 spiro atoms. The molecule has 0 unspecified atom stereocenters. The molecule has 0 aliphatic carbocycles. The second kappa shape index (κ2) is 5.11. The monoisotopic (exact) mass is 214 g/mol. The molecule has 0 aliphatic heterocycles. The number of anilines is 2. The SMILES string of the molecule is Nc1cc(NCCc2ccccc2)ncn1. The Hall–Kier alpha value is -2.10. The Kier molecular flexibility index (Phi) is 3.33. The van der Waals surface area contributed by atoms with Gasteiger partial charge in [0, 0.05) is 12.6 Å². The van der Waals surface area contributed by atoms with Gasteiger partial charge >= 0.3 is 0 Å². The summed E-state index contributed by atoms with van der Waals surface area (Å²) >= 11 is 0. The highest BCUT2D eigenvalue weighted by Crippen LogP contribution is 2.05.